The zero-order valence-electron chi connectivity index (χ0n) is 13.9. The van der Waals surface area contributed by atoms with E-state index in [-0.39, 0.29) is 24.2 Å². The third-order valence-corrected chi connectivity index (χ3v) is 3.73. The third-order valence-electron chi connectivity index (χ3n) is 3.73. The van der Waals surface area contributed by atoms with E-state index in [2.05, 4.69) is 66.1 Å². The van der Waals surface area contributed by atoms with E-state index in [0.29, 0.717) is 13.1 Å². The molecule has 0 fully saturated rings. The number of benzene rings is 2. The molecule has 1 unspecified atom stereocenters. The second-order valence-corrected chi connectivity index (χ2v) is 5.74. The molecule has 0 aromatic heterocycles. The predicted molar refractivity (Wildman–Crippen MR) is 98.8 cm³/mol. The molecule has 4 heteroatoms. The average molecular weight is 333 g/mol. The van der Waals surface area contributed by atoms with E-state index in [4.69, 9.17) is 0 Å². The van der Waals surface area contributed by atoms with Gasteiger partial charge in [-0.25, -0.2) is 0 Å². The number of hydrogen-bond donors (Lipinski definition) is 2. The number of rotatable bonds is 6. The number of carbonyl (C=O) groups excluding carboxylic acids is 1. The summed E-state index contributed by atoms with van der Waals surface area (Å²) in [6, 6.07) is 16.8. The Hall–Kier alpha value is -1.84. The first-order valence-electron chi connectivity index (χ1n) is 7.68. The third kappa shape index (κ3) is 5.70. The Morgan fingerprint density at radius 2 is 1.78 bits per heavy atom. The number of halogens is 1. The lowest BCUT2D eigenvalue weighted by molar-refractivity contribution is -0.124. The molecule has 2 aromatic rings. The molecule has 0 saturated heterocycles. The maximum atomic E-state index is 11.9. The Morgan fingerprint density at radius 1 is 1.09 bits per heavy atom. The van der Waals surface area contributed by atoms with Gasteiger partial charge < -0.3 is 10.6 Å². The van der Waals surface area contributed by atoms with E-state index in [1.165, 1.54) is 16.7 Å². The molecule has 0 saturated carbocycles. The highest BCUT2D eigenvalue weighted by Crippen LogP contribution is 2.20. The molecule has 0 aliphatic rings. The summed E-state index contributed by atoms with van der Waals surface area (Å²) < 4.78 is 0. The largest absolute Gasteiger partial charge is 0.352 e. The zero-order chi connectivity index (χ0) is 15.9. The number of aryl methyl sites for hydroxylation is 1. The van der Waals surface area contributed by atoms with Gasteiger partial charge in [0.05, 0.1) is 0 Å². The second kappa shape index (κ2) is 9.33. The zero-order valence-corrected chi connectivity index (χ0v) is 14.7. The second-order valence-electron chi connectivity index (χ2n) is 5.74. The first-order valence-corrected chi connectivity index (χ1v) is 7.68. The predicted octanol–water partition coefficient (Wildman–Crippen LogP) is 3.56. The van der Waals surface area contributed by atoms with Gasteiger partial charge in [-0.3, -0.25) is 4.79 Å². The minimum atomic E-state index is -0.0171. The van der Waals surface area contributed by atoms with Crippen LogP contribution >= 0.6 is 12.4 Å². The molecule has 0 spiro atoms. The quantitative estimate of drug-likeness (QED) is 0.849. The molecule has 3 nitrogen and oxygen atoms in total. The fraction of sp³-hybridized carbons (Fsp3) is 0.316. The van der Waals surface area contributed by atoms with E-state index in [1.807, 2.05) is 14.0 Å². The molecule has 1 amide bonds. The van der Waals surface area contributed by atoms with E-state index < -0.39 is 0 Å². The minimum Gasteiger partial charge on any atom is -0.352 e. The molecule has 124 valence electrons. The van der Waals surface area contributed by atoms with E-state index in [0.717, 1.165) is 5.56 Å². The Bertz CT molecular complexity index is 626. The van der Waals surface area contributed by atoms with Crippen LogP contribution in [0.4, 0.5) is 0 Å². The topological polar surface area (TPSA) is 41.1 Å². The van der Waals surface area contributed by atoms with Crippen LogP contribution in [-0.2, 0) is 11.3 Å². The van der Waals surface area contributed by atoms with Gasteiger partial charge in [0.25, 0.3) is 0 Å². The Morgan fingerprint density at radius 3 is 2.39 bits per heavy atom. The maximum absolute atomic E-state index is 11.9. The summed E-state index contributed by atoms with van der Waals surface area (Å²) in [5.74, 6) is 0.0636. The molecule has 1 atom stereocenters. The molecule has 23 heavy (non-hydrogen) atoms. The first-order chi connectivity index (χ1) is 10.6. The monoisotopic (exact) mass is 332 g/mol. The van der Waals surface area contributed by atoms with Crippen molar-refractivity contribution in [2.45, 2.75) is 20.4 Å². The van der Waals surface area contributed by atoms with Crippen molar-refractivity contribution in [1.29, 1.82) is 0 Å². The summed E-state index contributed by atoms with van der Waals surface area (Å²) in [5, 5.41) is 5.99. The lowest BCUT2D eigenvalue weighted by Gasteiger charge is -2.12. The number of hydrogen-bond acceptors (Lipinski definition) is 2. The van der Waals surface area contributed by atoms with Crippen molar-refractivity contribution in [2.75, 3.05) is 13.6 Å². The molecule has 0 bridgehead atoms. The highest BCUT2D eigenvalue weighted by molar-refractivity contribution is 5.85. The highest BCUT2D eigenvalue weighted by Gasteiger charge is 2.10. The summed E-state index contributed by atoms with van der Waals surface area (Å²) in [5.41, 5.74) is 4.79. The van der Waals surface area contributed by atoms with Gasteiger partial charge in [0.1, 0.15) is 0 Å². The number of nitrogens with one attached hydrogen (secondary N) is 2. The lowest BCUT2D eigenvalue weighted by Crippen LogP contribution is -2.33. The van der Waals surface area contributed by atoms with Gasteiger partial charge >= 0.3 is 0 Å². The molecule has 0 aliphatic heterocycles. The minimum absolute atomic E-state index is 0. The number of amides is 1. The van der Waals surface area contributed by atoms with Crippen molar-refractivity contribution in [3.05, 3.63) is 59.7 Å². The van der Waals surface area contributed by atoms with Crippen molar-refractivity contribution in [3.8, 4) is 11.1 Å². The summed E-state index contributed by atoms with van der Waals surface area (Å²) in [4.78, 5) is 11.9. The van der Waals surface area contributed by atoms with E-state index in [9.17, 15) is 4.79 Å². The summed E-state index contributed by atoms with van der Waals surface area (Å²) in [6.07, 6.45) is 0. The van der Waals surface area contributed by atoms with Crippen molar-refractivity contribution >= 4 is 18.3 Å². The van der Waals surface area contributed by atoms with Gasteiger partial charge in [-0.15, -0.1) is 12.4 Å². The van der Waals surface area contributed by atoms with Crippen LogP contribution in [0.25, 0.3) is 11.1 Å². The van der Waals surface area contributed by atoms with E-state index >= 15 is 0 Å². The average Bonchev–Trinajstić information content (AvgIpc) is 2.53. The lowest BCUT2D eigenvalue weighted by atomic mass is 10.0. The molecule has 2 aromatic carbocycles. The Labute approximate surface area is 144 Å². The van der Waals surface area contributed by atoms with Crippen LogP contribution in [0.5, 0.6) is 0 Å². The van der Waals surface area contributed by atoms with Crippen molar-refractivity contribution in [3.63, 3.8) is 0 Å². The van der Waals surface area contributed by atoms with Crippen LogP contribution in [-0.4, -0.2) is 19.5 Å². The number of carbonyl (C=O) groups is 1. The molecular weight excluding hydrogens is 308 g/mol. The van der Waals surface area contributed by atoms with Crippen LogP contribution in [0.2, 0.25) is 0 Å². The van der Waals surface area contributed by atoms with Gasteiger partial charge in [-0.1, -0.05) is 61.0 Å². The van der Waals surface area contributed by atoms with Crippen molar-refractivity contribution < 1.29 is 4.79 Å². The van der Waals surface area contributed by atoms with Crippen LogP contribution in [0, 0.1) is 12.8 Å². The van der Waals surface area contributed by atoms with Crippen molar-refractivity contribution in [1.82, 2.24) is 10.6 Å². The summed E-state index contributed by atoms with van der Waals surface area (Å²) in [6.45, 7) is 5.28. The molecule has 0 heterocycles. The maximum Gasteiger partial charge on any atom is 0.224 e. The molecule has 0 aliphatic carbocycles. The van der Waals surface area contributed by atoms with Gasteiger partial charge in [0.15, 0.2) is 0 Å². The standard InChI is InChI=1S/C19H24N2O.ClH/c1-14-5-4-6-18(11-14)17-9-7-16(8-10-17)13-21-19(22)15(2)12-20-3;/h4-11,15,20H,12-13H2,1-3H3,(H,21,22);1H. The fourth-order valence-electron chi connectivity index (χ4n) is 2.40. The van der Waals surface area contributed by atoms with Gasteiger partial charge in [-0.2, -0.15) is 0 Å². The van der Waals surface area contributed by atoms with Crippen LogP contribution in [0.15, 0.2) is 48.5 Å². The summed E-state index contributed by atoms with van der Waals surface area (Å²) in [7, 11) is 1.85. The normalized spacial score (nSPS) is 11.4. The van der Waals surface area contributed by atoms with E-state index in [1.54, 1.807) is 0 Å². The van der Waals surface area contributed by atoms with Crippen LogP contribution < -0.4 is 10.6 Å². The van der Waals surface area contributed by atoms with Crippen LogP contribution in [0.1, 0.15) is 18.1 Å². The molecule has 2 rings (SSSR count). The SMILES string of the molecule is CNCC(C)C(=O)NCc1ccc(-c2cccc(C)c2)cc1.Cl. The highest BCUT2D eigenvalue weighted by atomic mass is 35.5. The fourth-order valence-corrected chi connectivity index (χ4v) is 2.40. The van der Waals surface area contributed by atoms with Gasteiger partial charge in [-0.05, 0) is 30.7 Å². The van der Waals surface area contributed by atoms with Gasteiger partial charge in [0.2, 0.25) is 5.91 Å². The molecule has 2 N–H and O–H groups in total. The molecule has 0 radical (unpaired) electrons. The van der Waals surface area contributed by atoms with Gasteiger partial charge in [0, 0.05) is 19.0 Å². The Balaban J connectivity index is 0.00000264. The van der Waals surface area contributed by atoms with Crippen molar-refractivity contribution in [2.24, 2.45) is 5.92 Å². The first kappa shape index (κ1) is 19.2. The van der Waals surface area contributed by atoms with Crippen LogP contribution in [0.3, 0.4) is 0 Å². The summed E-state index contributed by atoms with van der Waals surface area (Å²) >= 11 is 0. The smallest absolute Gasteiger partial charge is 0.224 e. The Kier molecular flexibility index (Phi) is 7.79. The molecular formula is C19H25ClN2O.